The van der Waals surface area contributed by atoms with Crippen LogP contribution in [0, 0.1) is 12.7 Å². The van der Waals surface area contributed by atoms with Gasteiger partial charge >= 0.3 is 0 Å². The predicted molar refractivity (Wildman–Crippen MR) is 110 cm³/mol. The number of aromatic hydroxyl groups is 1. The largest absolute Gasteiger partial charge is 0.503 e. The Bertz CT molecular complexity index is 1110. The second-order valence-electron chi connectivity index (χ2n) is 7.80. The van der Waals surface area contributed by atoms with Crippen LogP contribution in [0.2, 0.25) is 0 Å². The number of nitrogens with zero attached hydrogens (tertiary/aromatic N) is 2. The lowest BCUT2D eigenvalue weighted by Gasteiger charge is -2.45. The predicted octanol–water partition coefficient (Wildman–Crippen LogP) is 1.74. The molecule has 2 N–H and O–H groups in total. The van der Waals surface area contributed by atoms with Crippen LogP contribution in [0.5, 0.6) is 5.75 Å². The number of hydrogen-bond donors (Lipinski definition) is 2. The van der Waals surface area contributed by atoms with E-state index in [0.717, 1.165) is 0 Å². The number of aryl methyl sites for hydroxylation is 1. The number of rotatable bonds is 4. The highest BCUT2D eigenvalue weighted by Crippen LogP contribution is 2.35. The minimum Gasteiger partial charge on any atom is -0.503 e. The molecule has 2 aliphatic heterocycles. The van der Waals surface area contributed by atoms with E-state index in [0.29, 0.717) is 31.7 Å². The van der Waals surface area contributed by atoms with E-state index in [2.05, 4.69) is 5.32 Å². The molecule has 4 rings (SSSR count). The Balaban J connectivity index is 1.70. The van der Waals surface area contributed by atoms with Gasteiger partial charge in [0.2, 0.25) is 5.43 Å². The van der Waals surface area contributed by atoms with Gasteiger partial charge in [-0.2, -0.15) is 0 Å². The molecule has 1 fully saturated rings. The summed E-state index contributed by atoms with van der Waals surface area (Å²) >= 11 is 0. The molecular weight excluding hydrogens is 405 g/mol. The van der Waals surface area contributed by atoms with Crippen LogP contribution in [0.3, 0.4) is 0 Å². The molecule has 2 atom stereocenters. The molecular formula is C22H24FN3O5. The van der Waals surface area contributed by atoms with Crippen molar-refractivity contribution < 1.29 is 23.8 Å². The van der Waals surface area contributed by atoms with Gasteiger partial charge in [-0.15, -0.1) is 0 Å². The molecule has 1 aromatic carbocycles. The monoisotopic (exact) mass is 429 g/mol. The lowest BCUT2D eigenvalue weighted by Crippen LogP contribution is -2.55. The van der Waals surface area contributed by atoms with E-state index in [9.17, 15) is 23.9 Å². The molecule has 2 aromatic rings. The normalized spacial score (nSPS) is 20.2. The van der Waals surface area contributed by atoms with Gasteiger partial charge in [0, 0.05) is 31.5 Å². The van der Waals surface area contributed by atoms with Crippen molar-refractivity contribution in [2.75, 3.05) is 19.8 Å². The van der Waals surface area contributed by atoms with Crippen molar-refractivity contribution in [1.82, 2.24) is 14.8 Å². The molecule has 3 heterocycles. The molecule has 2 amide bonds. The Morgan fingerprint density at radius 2 is 2.10 bits per heavy atom. The summed E-state index contributed by atoms with van der Waals surface area (Å²) in [4.78, 5) is 40.0. The smallest absolute Gasteiger partial charge is 0.274 e. The highest BCUT2D eigenvalue weighted by Gasteiger charge is 2.43. The summed E-state index contributed by atoms with van der Waals surface area (Å²) in [5, 5.41) is 13.1. The Morgan fingerprint density at radius 1 is 1.32 bits per heavy atom. The molecule has 0 unspecified atom stereocenters. The van der Waals surface area contributed by atoms with Crippen LogP contribution in [-0.4, -0.2) is 52.2 Å². The summed E-state index contributed by atoms with van der Waals surface area (Å²) in [7, 11) is 0. The number of halogens is 1. The molecule has 0 aliphatic carbocycles. The first kappa shape index (κ1) is 21.0. The fourth-order valence-corrected chi connectivity index (χ4v) is 4.37. The van der Waals surface area contributed by atoms with Crippen molar-refractivity contribution in [3.8, 4) is 5.75 Å². The fraction of sp³-hybridized carbons (Fsp3) is 0.409. The number of carbonyl (C=O) groups excluding carboxylic acids is 2. The first-order chi connectivity index (χ1) is 14.8. The van der Waals surface area contributed by atoms with Crippen LogP contribution in [0.4, 0.5) is 4.39 Å². The molecule has 0 spiro atoms. The van der Waals surface area contributed by atoms with Crippen LogP contribution in [0.1, 0.15) is 51.4 Å². The minimum absolute atomic E-state index is 0.114. The molecule has 0 radical (unpaired) electrons. The van der Waals surface area contributed by atoms with Gasteiger partial charge in [0.05, 0.1) is 18.7 Å². The maximum absolute atomic E-state index is 14.2. The third kappa shape index (κ3) is 3.48. The third-order valence-corrected chi connectivity index (χ3v) is 6.02. The zero-order chi connectivity index (χ0) is 22.3. The van der Waals surface area contributed by atoms with Crippen molar-refractivity contribution in [2.45, 2.75) is 38.9 Å². The average Bonchev–Trinajstić information content (AvgIpc) is 2.77. The maximum Gasteiger partial charge on any atom is 0.274 e. The Morgan fingerprint density at radius 3 is 2.84 bits per heavy atom. The van der Waals surface area contributed by atoms with E-state index >= 15 is 0 Å². The number of nitrogens with one attached hydrogen (secondary N) is 1. The quantitative estimate of drug-likeness (QED) is 0.771. The number of likely N-dealkylation sites (N-methyl/N-ethyl adjacent to an activating group) is 1. The molecule has 1 aromatic heterocycles. The molecule has 1 saturated heterocycles. The summed E-state index contributed by atoms with van der Waals surface area (Å²) in [6.45, 7) is 4.53. The summed E-state index contributed by atoms with van der Waals surface area (Å²) < 4.78 is 21.3. The van der Waals surface area contributed by atoms with Gasteiger partial charge in [0.15, 0.2) is 11.4 Å². The van der Waals surface area contributed by atoms with Gasteiger partial charge in [-0.3, -0.25) is 14.4 Å². The van der Waals surface area contributed by atoms with Crippen LogP contribution in [0.25, 0.3) is 0 Å². The van der Waals surface area contributed by atoms with Gasteiger partial charge in [-0.05, 0) is 25.8 Å². The van der Waals surface area contributed by atoms with E-state index in [1.54, 1.807) is 30.0 Å². The number of pyridine rings is 1. The molecule has 164 valence electrons. The first-order valence-corrected chi connectivity index (χ1v) is 10.2. The summed E-state index contributed by atoms with van der Waals surface area (Å²) in [5.74, 6) is -2.39. The SMILES string of the molecule is CCN1C(=O)c2c(O)c(=O)c(C(=O)NCc3cccc(C)c3F)cn2[C@H]2CCOC[C@H]21. The van der Waals surface area contributed by atoms with E-state index < -0.39 is 28.8 Å². The minimum atomic E-state index is -0.927. The van der Waals surface area contributed by atoms with Crippen LogP contribution in [-0.2, 0) is 11.3 Å². The van der Waals surface area contributed by atoms with Crippen molar-refractivity contribution in [3.63, 3.8) is 0 Å². The molecule has 9 heteroatoms. The highest BCUT2D eigenvalue weighted by atomic mass is 19.1. The van der Waals surface area contributed by atoms with Gasteiger partial charge in [-0.25, -0.2) is 4.39 Å². The number of hydrogen-bond acceptors (Lipinski definition) is 5. The lowest BCUT2D eigenvalue weighted by molar-refractivity contribution is -0.0176. The zero-order valence-electron chi connectivity index (χ0n) is 17.4. The molecule has 31 heavy (non-hydrogen) atoms. The standard InChI is InChI=1S/C22H24FN3O5/c1-3-25-16-11-31-8-7-15(16)26-10-14(19(27)20(28)18(26)22(25)30)21(29)24-9-13-6-4-5-12(2)17(13)23/h4-6,10,15-16,28H,3,7-9,11H2,1-2H3,(H,24,29)/t15-,16+/m0/s1. The second-order valence-corrected chi connectivity index (χ2v) is 7.80. The van der Waals surface area contributed by atoms with E-state index in [1.807, 2.05) is 6.92 Å². The van der Waals surface area contributed by atoms with Crippen LogP contribution in [0.15, 0.2) is 29.2 Å². The van der Waals surface area contributed by atoms with Gasteiger partial charge in [0.1, 0.15) is 11.4 Å². The third-order valence-electron chi connectivity index (χ3n) is 6.02. The van der Waals surface area contributed by atoms with Crippen molar-refractivity contribution in [2.24, 2.45) is 0 Å². The Kier molecular flexibility index (Phi) is 5.53. The Hall–Kier alpha value is -3.20. The zero-order valence-corrected chi connectivity index (χ0v) is 17.4. The van der Waals surface area contributed by atoms with Crippen molar-refractivity contribution >= 4 is 11.8 Å². The van der Waals surface area contributed by atoms with Crippen LogP contribution >= 0.6 is 0 Å². The number of ether oxygens (including phenoxy) is 1. The lowest BCUT2D eigenvalue weighted by atomic mass is 9.96. The van der Waals surface area contributed by atoms with Gasteiger partial charge < -0.3 is 24.6 Å². The van der Waals surface area contributed by atoms with Crippen LogP contribution < -0.4 is 10.7 Å². The number of benzene rings is 1. The summed E-state index contributed by atoms with van der Waals surface area (Å²) in [6, 6.07) is 4.36. The van der Waals surface area contributed by atoms with E-state index in [1.165, 1.54) is 10.8 Å². The number of carbonyl (C=O) groups is 2. The van der Waals surface area contributed by atoms with Crippen molar-refractivity contribution in [1.29, 1.82) is 0 Å². The maximum atomic E-state index is 14.2. The summed E-state index contributed by atoms with van der Waals surface area (Å²) in [5.41, 5.74) is -0.603. The first-order valence-electron chi connectivity index (χ1n) is 10.2. The topological polar surface area (TPSA) is 101 Å². The van der Waals surface area contributed by atoms with Crippen molar-refractivity contribution in [3.05, 3.63) is 62.8 Å². The molecule has 2 aliphatic rings. The summed E-state index contributed by atoms with van der Waals surface area (Å²) in [6.07, 6.45) is 1.90. The highest BCUT2D eigenvalue weighted by molar-refractivity contribution is 5.99. The molecule has 8 nitrogen and oxygen atoms in total. The number of aromatic nitrogens is 1. The fourth-order valence-electron chi connectivity index (χ4n) is 4.37. The number of amides is 2. The second kappa shape index (κ2) is 8.14. The Labute approximate surface area is 178 Å². The van der Waals surface area contributed by atoms with Gasteiger partial charge in [0.25, 0.3) is 11.8 Å². The van der Waals surface area contributed by atoms with E-state index in [-0.39, 0.29) is 35.4 Å². The number of fused-ring (bicyclic) bond motifs is 3. The molecule has 0 saturated carbocycles. The van der Waals surface area contributed by atoms with E-state index in [4.69, 9.17) is 4.74 Å². The van der Waals surface area contributed by atoms with Gasteiger partial charge in [-0.1, -0.05) is 18.2 Å². The molecule has 0 bridgehead atoms. The average molecular weight is 429 g/mol.